The average molecular weight is 253 g/mol. The Bertz CT molecular complexity index is 177. The number of halogens is 1. The summed E-state index contributed by atoms with van der Waals surface area (Å²) in [5.41, 5.74) is 0. The summed E-state index contributed by atoms with van der Waals surface area (Å²) in [5.74, 6) is 0.104. The lowest BCUT2D eigenvalue weighted by Crippen LogP contribution is -2.13. The molecule has 0 fully saturated rings. The van der Waals surface area contributed by atoms with Gasteiger partial charge in [-0.25, -0.2) is 0 Å². The molecule has 0 aliphatic carbocycles. The quantitative estimate of drug-likeness (QED) is 0.545. The van der Waals surface area contributed by atoms with E-state index < -0.39 is 21.3 Å². The van der Waals surface area contributed by atoms with Crippen LogP contribution in [0.25, 0.3) is 0 Å². The van der Waals surface area contributed by atoms with E-state index in [-0.39, 0.29) is 5.91 Å². The van der Waals surface area contributed by atoms with Crippen LogP contribution in [0.15, 0.2) is 8.25 Å². The molecule has 0 saturated carbocycles. The van der Waals surface area contributed by atoms with E-state index in [1.54, 1.807) is 0 Å². The van der Waals surface area contributed by atoms with E-state index in [4.69, 9.17) is 0 Å². The van der Waals surface area contributed by atoms with Crippen molar-refractivity contribution in [3.63, 3.8) is 0 Å². The smallest absolute Gasteiger partial charge is 0.252 e. The minimum absolute atomic E-state index is 0.104. The lowest BCUT2D eigenvalue weighted by Gasteiger charge is -2.03. The molecule has 1 aliphatic heterocycles. The highest BCUT2D eigenvalue weighted by atomic mass is 127. The Kier molecular flexibility index (Phi) is 2.91. The van der Waals surface area contributed by atoms with Gasteiger partial charge in [-0.15, -0.1) is 5.10 Å². The third kappa shape index (κ3) is 1.83. The van der Waals surface area contributed by atoms with Crippen LogP contribution in [0.5, 0.6) is 0 Å². The molecule has 0 aromatic heterocycles. The third-order valence-corrected chi connectivity index (χ3v) is 2.68. The van der Waals surface area contributed by atoms with Gasteiger partial charge < -0.3 is 0 Å². The highest BCUT2D eigenvalue weighted by molar-refractivity contribution is 14.1. The van der Waals surface area contributed by atoms with Gasteiger partial charge in [0.15, 0.2) is 0 Å². The highest BCUT2D eigenvalue weighted by Gasteiger charge is 2.11. The molecule has 0 saturated heterocycles. The van der Waals surface area contributed by atoms with E-state index in [0.29, 0.717) is 6.42 Å². The van der Waals surface area contributed by atoms with Crippen molar-refractivity contribution < 1.29 is 4.79 Å². The minimum atomic E-state index is -0.490. The largest absolute Gasteiger partial charge is 0.272 e. The summed E-state index contributed by atoms with van der Waals surface area (Å²) in [6.07, 6.45) is 2.93. The van der Waals surface area contributed by atoms with Gasteiger partial charge in [0.1, 0.15) is 27.6 Å². The Balaban J connectivity index is 2.42. The Labute approximate surface area is 69.8 Å². The van der Waals surface area contributed by atoms with Gasteiger partial charge in [-0.05, 0) is 6.42 Å². The molecule has 0 bridgehead atoms. The Morgan fingerprint density at radius 1 is 1.80 bits per heavy atom. The zero-order chi connectivity index (χ0) is 7.40. The highest BCUT2D eigenvalue weighted by Crippen LogP contribution is 2.17. The summed E-state index contributed by atoms with van der Waals surface area (Å²) in [6, 6.07) is 0. The Morgan fingerprint density at radius 2 is 2.60 bits per heavy atom. The van der Waals surface area contributed by atoms with Crippen molar-refractivity contribution in [2.75, 3.05) is 0 Å². The van der Waals surface area contributed by atoms with Crippen LogP contribution < -0.4 is 0 Å². The fourth-order valence-corrected chi connectivity index (χ4v) is 1.72. The SMILES string of the molecule is CCCC(=O)N1N=CN=I1. The second kappa shape index (κ2) is 3.75. The predicted molar refractivity (Wildman–Crippen MR) is 46.7 cm³/mol. The standard InChI is InChI=1S/C5H8IN3O/c1-2-3-5(10)9-6-7-4-8-9/h4H,2-3H2,1H3. The summed E-state index contributed by atoms with van der Waals surface area (Å²) in [7, 11) is 0. The maximum atomic E-state index is 11.0. The van der Waals surface area contributed by atoms with Crippen molar-refractivity contribution in [3.8, 4) is 0 Å². The number of carbonyl (C=O) groups excluding carboxylic acids is 1. The minimum Gasteiger partial charge on any atom is -0.272 e. The van der Waals surface area contributed by atoms with Gasteiger partial charge in [-0.3, -0.25) is 4.79 Å². The number of rotatable bonds is 2. The average Bonchev–Trinajstić information content (AvgIpc) is 2.38. The van der Waals surface area contributed by atoms with Crippen LogP contribution in [0.3, 0.4) is 0 Å². The first kappa shape index (κ1) is 7.77. The van der Waals surface area contributed by atoms with E-state index in [1.807, 2.05) is 6.92 Å². The molecule has 0 radical (unpaired) electrons. The van der Waals surface area contributed by atoms with Crippen molar-refractivity contribution in [1.82, 2.24) is 3.22 Å². The molecule has 1 rings (SSSR count). The third-order valence-electron chi connectivity index (χ3n) is 0.982. The number of nitrogens with zero attached hydrogens (tertiary/aromatic N) is 3. The topological polar surface area (TPSA) is 45.0 Å². The van der Waals surface area contributed by atoms with Gasteiger partial charge in [0.25, 0.3) is 5.91 Å². The predicted octanol–water partition coefficient (Wildman–Crippen LogP) is 1.64. The summed E-state index contributed by atoms with van der Waals surface area (Å²) in [6.45, 7) is 1.98. The van der Waals surface area contributed by atoms with Crippen LogP contribution in [0.1, 0.15) is 19.8 Å². The summed E-state index contributed by atoms with van der Waals surface area (Å²) >= 11 is -0.490. The van der Waals surface area contributed by atoms with Gasteiger partial charge in [0, 0.05) is 6.42 Å². The zero-order valence-corrected chi connectivity index (χ0v) is 7.78. The molecule has 10 heavy (non-hydrogen) atoms. The van der Waals surface area contributed by atoms with E-state index in [0.717, 1.165) is 6.42 Å². The first-order chi connectivity index (χ1) is 4.84. The van der Waals surface area contributed by atoms with Crippen LogP contribution in [0, 0.1) is 0 Å². The molecule has 56 valence electrons. The molecule has 1 heterocycles. The first-order valence-electron chi connectivity index (χ1n) is 3.04. The maximum Gasteiger partial charge on any atom is 0.252 e. The van der Waals surface area contributed by atoms with Crippen molar-refractivity contribution in [2.45, 2.75) is 19.8 Å². The molecule has 1 aliphatic rings. The number of amides is 1. The molecular formula is C5H8IN3O. The fourth-order valence-electron chi connectivity index (χ4n) is 0.558. The molecular weight excluding hydrogens is 245 g/mol. The van der Waals surface area contributed by atoms with E-state index in [2.05, 4.69) is 8.25 Å². The summed E-state index contributed by atoms with van der Waals surface area (Å²) in [4.78, 5) is 11.0. The van der Waals surface area contributed by atoms with Gasteiger partial charge in [0.2, 0.25) is 0 Å². The molecule has 1 amide bonds. The number of carbonyl (C=O) groups is 1. The lowest BCUT2D eigenvalue weighted by molar-refractivity contribution is -0.125. The van der Waals surface area contributed by atoms with Gasteiger partial charge in [-0.1, -0.05) is 6.92 Å². The van der Waals surface area contributed by atoms with Crippen LogP contribution in [0.4, 0.5) is 0 Å². The van der Waals surface area contributed by atoms with E-state index in [1.165, 1.54) is 9.56 Å². The molecule has 5 heteroatoms. The van der Waals surface area contributed by atoms with Gasteiger partial charge >= 0.3 is 0 Å². The second-order valence-electron chi connectivity index (χ2n) is 1.81. The maximum absolute atomic E-state index is 11.0. The summed E-state index contributed by atoms with van der Waals surface area (Å²) in [5, 5.41) is 3.80. The fraction of sp³-hybridized carbons (Fsp3) is 0.600. The second-order valence-corrected chi connectivity index (χ2v) is 3.71. The molecule has 0 aromatic carbocycles. The normalized spacial score (nSPS) is 15.5. The van der Waals surface area contributed by atoms with Crippen LogP contribution in [0.2, 0.25) is 0 Å². The molecule has 4 nitrogen and oxygen atoms in total. The van der Waals surface area contributed by atoms with Gasteiger partial charge in [0.05, 0.1) is 0 Å². The van der Waals surface area contributed by atoms with Crippen LogP contribution in [-0.4, -0.2) is 15.5 Å². The van der Waals surface area contributed by atoms with Crippen LogP contribution in [-0.2, 0) is 4.79 Å². The molecule has 0 N–H and O–H groups in total. The van der Waals surface area contributed by atoms with Gasteiger partial charge in [-0.2, -0.15) is 6.37 Å². The molecule has 0 spiro atoms. The number of hydrogen-bond acceptors (Lipinski definition) is 3. The first-order valence-corrected chi connectivity index (χ1v) is 4.97. The van der Waals surface area contributed by atoms with Crippen molar-refractivity contribution in [2.24, 2.45) is 8.25 Å². The Morgan fingerprint density at radius 3 is 3.10 bits per heavy atom. The number of hydrogen-bond donors (Lipinski definition) is 0. The van der Waals surface area contributed by atoms with Crippen molar-refractivity contribution in [3.05, 3.63) is 0 Å². The van der Waals surface area contributed by atoms with E-state index in [9.17, 15) is 4.79 Å². The monoisotopic (exact) mass is 253 g/mol. The van der Waals surface area contributed by atoms with Crippen molar-refractivity contribution in [1.29, 1.82) is 0 Å². The Hall–Kier alpha value is -0.330. The van der Waals surface area contributed by atoms with Crippen LogP contribution >= 0.6 is 21.3 Å². The molecule has 0 unspecified atom stereocenters. The number of hydrazone groups is 1. The summed E-state index contributed by atoms with van der Waals surface area (Å²) < 4.78 is 5.38. The van der Waals surface area contributed by atoms with Crippen molar-refractivity contribution >= 4 is 33.6 Å². The molecule has 0 aromatic rings. The van der Waals surface area contributed by atoms with E-state index >= 15 is 0 Å². The zero-order valence-electron chi connectivity index (χ0n) is 5.62. The molecule has 0 atom stereocenters. The lowest BCUT2D eigenvalue weighted by atomic mass is 10.3.